The van der Waals surface area contributed by atoms with E-state index in [1.807, 2.05) is 0 Å². The van der Waals surface area contributed by atoms with Gasteiger partial charge in [0, 0.05) is 6.42 Å². The first kappa shape index (κ1) is 12.0. The lowest BCUT2D eigenvalue weighted by Crippen LogP contribution is -2.37. The highest BCUT2D eigenvalue weighted by Gasteiger charge is 2.58. The van der Waals surface area contributed by atoms with Crippen molar-refractivity contribution in [2.75, 3.05) is 6.54 Å². The Hall–Kier alpha value is -2.04. The molecular weight excluding hydrogens is 249 g/mol. The lowest BCUT2D eigenvalue weighted by Gasteiger charge is -2.15. The molecule has 0 N–H and O–H groups in total. The molecule has 1 aromatic carbocycles. The van der Waals surface area contributed by atoms with Crippen LogP contribution < -0.4 is 0 Å². The van der Waals surface area contributed by atoms with E-state index in [1.54, 1.807) is 0 Å². The number of piperidine rings is 1. The Morgan fingerprint density at radius 2 is 1.74 bits per heavy atom. The number of imide groups is 1. The molecule has 2 unspecified atom stereocenters. The number of Topliss-reactive ketones (excluding diaryl/α,β-unsaturated/α-hetero) is 1. The molecule has 1 heterocycles. The number of hydrogen-bond donors (Lipinski definition) is 0. The van der Waals surface area contributed by atoms with Crippen molar-refractivity contribution in [3.63, 3.8) is 0 Å². The molecule has 0 radical (unpaired) electrons. The van der Waals surface area contributed by atoms with Crippen LogP contribution in [0.2, 0.25) is 0 Å². The van der Waals surface area contributed by atoms with E-state index >= 15 is 0 Å². The molecular formula is C14H12FNO3. The summed E-state index contributed by atoms with van der Waals surface area (Å²) in [4.78, 5) is 36.3. The van der Waals surface area contributed by atoms with E-state index in [2.05, 4.69) is 0 Å². The Balaban J connectivity index is 1.61. The summed E-state index contributed by atoms with van der Waals surface area (Å²) in [7, 11) is 0. The summed E-state index contributed by atoms with van der Waals surface area (Å²) in [6, 6.07) is 5.62. The molecule has 4 nitrogen and oxygen atoms in total. The number of carbonyl (C=O) groups excluding carboxylic acids is 3. The van der Waals surface area contributed by atoms with Crippen molar-refractivity contribution in [3.05, 3.63) is 35.6 Å². The van der Waals surface area contributed by atoms with E-state index in [0.29, 0.717) is 12.0 Å². The van der Waals surface area contributed by atoms with Crippen LogP contribution in [0.15, 0.2) is 24.3 Å². The number of halogens is 1. The van der Waals surface area contributed by atoms with Crippen LogP contribution in [0.25, 0.3) is 0 Å². The Morgan fingerprint density at radius 1 is 1.16 bits per heavy atom. The third kappa shape index (κ3) is 2.16. The molecule has 5 heteroatoms. The van der Waals surface area contributed by atoms with Crippen LogP contribution in [-0.4, -0.2) is 29.0 Å². The van der Waals surface area contributed by atoms with Crippen molar-refractivity contribution < 1.29 is 18.8 Å². The lowest BCUT2D eigenvalue weighted by atomic mass is 10.1. The maximum Gasteiger partial charge on any atom is 0.233 e. The minimum absolute atomic E-state index is 0.104. The number of nitrogens with zero attached hydrogens (tertiary/aromatic N) is 1. The summed E-state index contributed by atoms with van der Waals surface area (Å²) < 4.78 is 12.7. The first-order valence-corrected chi connectivity index (χ1v) is 6.17. The van der Waals surface area contributed by atoms with Gasteiger partial charge in [-0.25, -0.2) is 4.39 Å². The van der Waals surface area contributed by atoms with Gasteiger partial charge in [-0.3, -0.25) is 19.3 Å². The summed E-state index contributed by atoms with van der Waals surface area (Å²) in [5, 5.41) is 0. The van der Waals surface area contributed by atoms with Crippen molar-refractivity contribution in [1.29, 1.82) is 0 Å². The van der Waals surface area contributed by atoms with Gasteiger partial charge in [-0.2, -0.15) is 0 Å². The molecule has 1 aromatic rings. The first-order chi connectivity index (χ1) is 9.06. The average molecular weight is 261 g/mol. The van der Waals surface area contributed by atoms with Crippen LogP contribution in [0.3, 0.4) is 0 Å². The van der Waals surface area contributed by atoms with Crippen LogP contribution in [0.5, 0.6) is 0 Å². The van der Waals surface area contributed by atoms with Gasteiger partial charge in [0.1, 0.15) is 5.82 Å². The molecule has 2 fully saturated rings. The predicted octanol–water partition coefficient (Wildman–Crippen LogP) is 0.942. The van der Waals surface area contributed by atoms with Gasteiger partial charge < -0.3 is 0 Å². The van der Waals surface area contributed by atoms with Gasteiger partial charge in [-0.05, 0) is 24.1 Å². The minimum Gasteiger partial charge on any atom is -0.297 e. The Kier molecular flexibility index (Phi) is 2.69. The molecule has 1 saturated heterocycles. The number of ketones is 1. The molecule has 0 bridgehead atoms. The van der Waals surface area contributed by atoms with Gasteiger partial charge >= 0.3 is 0 Å². The molecule has 98 valence electrons. The summed E-state index contributed by atoms with van der Waals surface area (Å²) >= 11 is 0. The summed E-state index contributed by atoms with van der Waals surface area (Å²) in [6.45, 7) is -0.165. The highest BCUT2D eigenvalue weighted by atomic mass is 19.1. The minimum atomic E-state index is -0.360. The van der Waals surface area contributed by atoms with Crippen molar-refractivity contribution in [2.45, 2.75) is 12.8 Å². The van der Waals surface area contributed by atoms with Crippen LogP contribution in [0, 0.1) is 17.7 Å². The second kappa shape index (κ2) is 4.26. The number of carbonyl (C=O) groups is 3. The highest BCUT2D eigenvalue weighted by Crippen LogP contribution is 2.46. The summed E-state index contributed by atoms with van der Waals surface area (Å²) in [6.07, 6.45) is 0.743. The number of amides is 2. The smallest absolute Gasteiger partial charge is 0.233 e. The van der Waals surface area contributed by atoms with Crippen LogP contribution in [-0.2, 0) is 20.8 Å². The lowest BCUT2D eigenvalue weighted by molar-refractivity contribution is -0.144. The normalized spacial score (nSPS) is 24.6. The number of hydrogen-bond acceptors (Lipinski definition) is 3. The van der Waals surface area contributed by atoms with E-state index in [4.69, 9.17) is 0 Å². The van der Waals surface area contributed by atoms with Crippen molar-refractivity contribution in [3.8, 4) is 0 Å². The second-order valence-electron chi connectivity index (χ2n) is 5.05. The van der Waals surface area contributed by atoms with Crippen molar-refractivity contribution in [1.82, 2.24) is 4.90 Å². The Bertz CT molecular complexity index is 547. The largest absolute Gasteiger partial charge is 0.297 e. The van der Waals surface area contributed by atoms with Gasteiger partial charge in [-0.1, -0.05) is 12.1 Å². The van der Waals surface area contributed by atoms with E-state index in [-0.39, 0.29) is 48.2 Å². The molecule has 1 aliphatic heterocycles. The fraction of sp³-hybridized carbons (Fsp3) is 0.357. The summed E-state index contributed by atoms with van der Waals surface area (Å²) in [5.74, 6) is -1.36. The number of benzene rings is 1. The molecule has 1 saturated carbocycles. The highest BCUT2D eigenvalue weighted by molar-refractivity contribution is 6.10. The van der Waals surface area contributed by atoms with E-state index in [9.17, 15) is 18.8 Å². The fourth-order valence-corrected chi connectivity index (χ4v) is 2.47. The third-order valence-corrected chi connectivity index (χ3v) is 3.61. The quantitative estimate of drug-likeness (QED) is 0.758. The number of rotatable bonds is 4. The molecule has 2 atom stereocenters. The zero-order valence-corrected chi connectivity index (χ0v) is 10.1. The van der Waals surface area contributed by atoms with E-state index in [0.717, 1.165) is 4.90 Å². The molecule has 0 aromatic heterocycles. The third-order valence-electron chi connectivity index (χ3n) is 3.61. The molecule has 3 rings (SSSR count). The van der Waals surface area contributed by atoms with Crippen molar-refractivity contribution >= 4 is 17.6 Å². The monoisotopic (exact) mass is 261 g/mol. The Morgan fingerprint density at radius 3 is 2.32 bits per heavy atom. The van der Waals surface area contributed by atoms with Crippen LogP contribution in [0.4, 0.5) is 4.39 Å². The molecule has 2 amide bonds. The SMILES string of the molecule is O=C(Cc1ccc(F)cc1)CN1C(=O)C2CC2C1=O. The standard InChI is InChI=1S/C14H12FNO3/c15-9-3-1-8(2-4-9)5-10(17)7-16-13(18)11-6-12(11)14(16)19/h1-4,11-12H,5-7H2. The maximum absolute atomic E-state index is 12.7. The van der Waals surface area contributed by atoms with Crippen molar-refractivity contribution in [2.24, 2.45) is 11.8 Å². The van der Waals surface area contributed by atoms with Gasteiger partial charge in [0.25, 0.3) is 0 Å². The first-order valence-electron chi connectivity index (χ1n) is 6.17. The topological polar surface area (TPSA) is 54.5 Å². The zero-order valence-electron chi connectivity index (χ0n) is 10.1. The van der Waals surface area contributed by atoms with E-state index in [1.165, 1.54) is 24.3 Å². The second-order valence-corrected chi connectivity index (χ2v) is 5.05. The van der Waals surface area contributed by atoms with E-state index < -0.39 is 0 Å². The van der Waals surface area contributed by atoms with Gasteiger partial charge in [0.05, 0.1) is 18.4 Å². The Labute approximate surface area is 109 Å². The fourth-order valence-electron chi connectivity index (χ4n) is 2.47. The molecule has 0 spiro atoms. The van der Waals surface area contributed by atoms with Gasteiger partial charge in [-0.15, -0.1) is 0 Å². The molecule has 19 heavy (non-hydrogen) atoms. The van der Waals surface area contributed by atoms with Gasteiger partial charge in [0.2, 0.25) is 11.8 Å². The number of fused-ring (bicyclic) bond motifs is 1. The number of likely N-dealkylation sites (tertiary alicyclic amines) is 1. The van der Waals surface area contributed by atoms with Crippen LogP contribution in [0.1, 0.15) is 12.0 Å². The maximum atomic E-state index is 12.7. The molecule has 2 aliphatic rings. The predicted molar refractivity (Wildman–Crippen MR) is 63.4 cm³/mol. The zero-order chi connectivity index (χ0) is 13.6. The average Bonchev–Trinajstić information content (AvgIpc) is 3.13. The molecule has 1 aliphatic carbocycles. The van der Waals surface area contributed by atoms with Crippen LogP contribution >= 0.6 is 0 Å². The van der Waals surface area contributed by atoms with Gasteiger partial charge in [0.15, 0.2) is 5.78 Å². The summed E-state index contributed by atoms with van der Waals surface area (Å²) in [5.41, 5.74) is 0.677.